The highest BCUT2D eigenvalue weighted by Crippen LogP contribution is 2.22. The lowest BCUT2D eigenvalue weighted by atomic mass is 10.2. The van der Waals surface area contributed by atoms with Crippen molar-refractivity contribution in [3.05, 3.63) is 34.5 Å². The van der Waals surface area contributed by atoms with Crippen LogP contribution in [0.5, 0.6) is 0 Å². The minimum Gasteiger partial charge on any atom is -0.445 e. The van der Waals surface area contributed by atoms with Crippen molar-refractivity contribution in [1.82, 2.24) is 5.32 Å². The van der Waals surface area contributed by atoms with Gasteiger partial charge in [-0.15, -0.1) is 11.3 Å². The second-order valence-corrected chi connectivity index (χ2v) is 4.27. The van der Waals surface area contributed by atoms with Gasteiger partial charge < -0.3 is 15.2 Å². The molecule has 0 aliphatic heterocycles. The van der Waals surface area contributed by atoms with Crippen LogP contribution in [0.15, 0.2) is 24.8 Å². The zero-order valence-electron chi connectivity index (χ0n) is 9.09. The van der Waals surface area contributed by atoms with E-state index in [1.165, 1.54) is 17.4 Å². The Morgan fingerprint density at radius 3 is 2.94 bits per heavy atom. The number of alkyl carbamates (subject to hydrolysis) is 1. The number of nitrogens with one attached hydrogen (secondary N) is 1. The number of carbonyl (C=O) groups excluding carboxylic acids is 2. The summed E-state index contributed by atoms with van der Waals surface area (Å²) in [6, 6.07) is 2.75. The summed E-state index contributed by atoms with van der Waals surface area (Å²) < 4.78 is 4.73. The summed E-state index contributed by atoms with van der Waals surface area (Å²) in [4.78, 5) is 23.0. The Balaban J connectivity index is 2.61. The van der Waals surface area contributed by atoms with E-state index in [1.807, 2.05) is 0 Å². The number of aliphatic hydroxyl groups excluding tert-OH is 1. The monoisotopic (exact) mass is 255 g/mol. The minimum atomic E-state index is -0.634. The summed E-state index contributed by atoms with van der Waals surface area (Å²) in [5.41, 5.74) is 0. The van der Waals surface area contributed by atoms with Crippen LogP contribution < -0.4 is 5.32 Å². The van der Waals surface area contributed by atoms with E-state index in [0.29, 0.717) is 9.75 Å². The van der Waals surface area contributed by atoms with Crippen molar-refractivity contribution in [2.24, 2.45) is 0 Å². The fraction of sp³-hybridized carbons (Fsp3) is 0.273. The molecule has 1 aromatic rings. The van der Waals surface area contributed by atoms with Crippen LogP contribution in [0, 0.1) is 0 Å². The molecule has 0 aromatic carbocycles. The summed E-state index contributed by atoms with van der Waals surface area (Å²) in [7, 11) is 0. The first-order chi connectivity index (χ1) is 8.21. The Morgan fingerprint density at radius 1 is 1.65 bits per heavy atom. The highest BCUT2D eigenvalue weighted by atomic mass is 32.1. The SMILES string of the molecule is C=CCOC(=O)NC(CO)c1ccc(C=O)s1. The lowest BCUT2D eigenvalue weighted by Gasteiger charge is -2.14. The maximum absolute atomic E-state index is 11.3. The Hall–Kier alpha value is -1.66. The molecule has 1 atom stereocenters. The molecule has 92 valence electrons. The van der Waals surface area contributed by atoms with Crippen LogP contribution in [-0.4, -0.2) is 30.7 Å². The highest BCUT2D eigenvalue weighted by Gasteiger charge is 2.16. The van der Waals surface area contributed by atoms with Crippen molar-refractivity contribution in [2.45, 2.75) is 6.04 Å². The van der Waals surface area contributed by atoms with Gasteiger partial charge in [-0.1, -0.05) is 12.7 Å². The average Bonchev–Trinajstić information content (AvgIpc) is 2.82. The van der Waals surface area contributed by atoms with Gasteiger partial charge in [0.2, 0.25) is 0 Å². The van der Waals surface area contributed by atoms with Crippen LogP contribution in [-0.2, 0) is 4.74 Å². The number of thiophene rings is 1. The highest BCUT2D eigenvalue weighted by molar-refractivity contribution is 7.13. The number of aliphatic hydroxyl groups is 1. The third-order valence-corrected chi connectivity index (χ3v) is 3.04. The number of hydrogen-bond donors (Lipinski definition) is 2. The molecule has 0 bridgehead atoms. The Bertz CT molecular complexity index is 402. The van der Waals surface area contributed by atoms with E-state index in [-0.39, 0.29) is 13.2 Å². The number of amides is 1. The van der Waals surface area contributed by atoms with Gasteiger partial charge in [0.25, 0.3) is 0 Å². The fourth-order valence-corrected chi connectivity index (χ4v) is 2.01. The van der Waals surface area contributed by atoms with Crippen LogP contribution in [0.4, 0.5) is 4.79 Å². The smallest absolute Gasteiger partial charge is 0.408 e. The first kappa shape index (κ1) is 13.4. The van der Waals surface area contributed by atoms with Crippen molar-refractivity contribution in [3.63, 3.8) is 0 Å². The molecule has 1 heterocycles. The van der Waals surface area contributed by atoms with Gasteiger partial charge in [0.05, 0.1) is 17.5 Å². The second-order valence-electron chi connectivity index (χ2n) is 3.12. The van der Waals surface area contributed by atoms with E-state index in [0.717, 1.165) is 6.29 Å². The summed E-state index contributed by atoms with van der Waals surface area (Å²) in [6.07, 6.45) is 1.53. The second kappa shape index (κ2) is 6.82. The van der Waals surface area contributed by atoms with Gasteiger partial charge in [-0.2, -0.15) is 0 Å². The lowest BCUT2D eigenvalue weighted by Crippen LogP contribution is -2.30. The predicted molar refractivity (Wildman–Crippen MR) is 64.2 cm³/mol. The zero-order valence-corrected chi connectivity index (χ0v) is 9.90. The number of hydrogen-bond acceptors (Lipinski definition) is 5. The first-order valence-corrected chi connectivity index (χ1v) is 5.73. The molecule has 17 heavy (non-hydrogen) atoms. The summed E-state index contributed by atoms with van der Waals surface area (Å²) >= 11 is 1.21. The van der Waals surface area contributed by atoms with E-state index < -0.39 is 12.1 Å². The fourth-order valence-electron chi connectivity index (χ4n) is 1.14. The van der Waals surface area contributed by atoms with Gasteiger partial charge in [0, 0.05) is 4.88 Å². The largest absolute Gasteiger partial charge is 0.445 e. The quantitative estimate of drug-likeness (QED) is 0.596. The molecule has 0 fully saturated rings. The molecule has 5 nitrogen and oxygen atoms in total. The third kappa shape index (κ3) is 4.01. The van der Waals surface area contributed by atoms with Gasteiger partial charge in [-0.25, -0.2) is 4.79 Å². The van der Waals surface area contributed by atoms with Crippen LogP contribution in [0.1, 0.15) is 20.6 Å². The third-order valence-electron chi connectivity index (χ3n) is 1.91. The predicted octanol–water partition coefficient (Wildman–Crippen LogP) is 1.51. The molecule has 0 spiro atoms. The normalized spacial score (nSPS) is 11.6. The van der Waals surface area contributed by atoms with E-state index in [2.05, 4.69) is 11.9 Å². The number of carbonyl (C=O) groups is 2. The van der Waals surface area contributed by atoms with Gasteiger partial charge in [-0.05, 0) is 12.1 Å². The van der Waals surface area contributed by atoms with Crippen LogP contribution in [0.3, 0.4) is 0 Å². The molecular formula is C11H13NO4S. The van der Waals surface area contributed by atoms with E-state index >= 15 is 0 Å². The summed E-state index contributed by atoms with van der Waals surface area (Å²) in [6.45, 7) is 3.26. The maximum Gasteiger partial charge on any atom is 0.408 e. The van der Waals surface area contributed by atoms with E-state index in [9.17, 15) is 9.59 Å². The molecule has 1 amide bonds. The molecule has 2 N–H and O–H groups in total. The Morgan fingerprint density at radius 2 is 2.41 bits per heavy atom. The molecule has 0 radical (unpaired) electrons. The molecular weight excluding hydrogens is 242 g/mol. The average molecular weight is 255 g/mol. The first-order valence-electron chi connectivity index (χ1n) is 4.91. The molecule has 0 saturated heterocycles. The Labute approximate surface area is 103 Å². The van der Waals surface area contributed by atoms with Gasteiger partial charge in [-0.3, -0.25) is 4.79 Å². The molecule has 1 aromatic heterocycles. The number of rotatable bonds is 6. The van der Waals surface area contributed by atoms with Gasteiger partial charge in [0.1, 0.15) is 6.61 Å². The van der Waals surface area contributed by atoms with E-state index in [4.69, 9.17) is 9.84 Å². The van der Waals surface area contributed by atoms with Crippen molar-refractivity contribution in [3.8, 4) is 0 Å². The van der Waals surface area contributed by atoms with Crippen molar-refractivity contribution < 1.29 is 19.4 Å². The lowest BCUT2D eigenvalue weighted by molar-refractivity contribution is 0.112. The van der Waals surface area contributed by atoms with Crippen molar-refractivity contribution in [2.75, 3.05) is 13.2 Å². The molecule has 0 saturated carbocycles. The van der Waals surface area contributed by atoms with Crippen LogP contribution >= 0.6 is 11.3 Å². The maximum atomic E-state index is 11.3. The summed E-state index contributed by atoms with van der Waals surface area (Å²) in [5.74, 6) is 0. The molecule has 0 aliphatic rings. The topological polar surface area (TPSA) is 75.6 Å². The minimum absolute atomic E-state index is 0.105. The van der Waals surface area contributed by atoms with Crippen molar-refractivity contribution in [1.29, 1.82) is 0 Å². The molecule has 0 aliphatic carbocycles. The van der Waals surface area contributed by atoms with Gasteiger partial charge >= 0.3 is 6.09 Å². The van der Waals surface area contributed by atoms with Crippen LogP contribution in [0.25, 0.3) is 0 Å². The van der Waals surface area contributed by atoms with E-state index in [1.54, 1.807) is 12.1 Å². The van der Waals surface area contributed by atoms with Crippen molar-refractivity contribution >= 4 is 23.7 Å². The molecule has 1 rings (SSSR count). The van der Waals surface area contributed by atoms with Gasteiger partial charge in [0.15, 0.2) is 6.29 Å². The summed E-state index contributed by atoms with van der Waals surface area (Å²) in [5, 5.41) is 11.7. The molecule has 1 unspecified atom stereocenters. The Kier molecular flexibility index (Phi) is 5.38. The zero-order chi connectivity index (χ0) is 12.7. The van der Waals surface area contributed by atoms with Crippen LogP contribution in [0.2, 0.25) is 0 Å². The number of ether oxygens (including phenoxy) is 1. The number of aldehydes is 1. The molecule has 6 heteroatoms. The standard InChI is InChI=1S/C11H13NO4S/c1-2-5-16-11(15)12-9(7-14)10-4-3-8(6-13)17-10/h2-4,6,9,14H,1,5,7H2,(H,12,15).